The predicted molar refractivity (Wildman–Crippen MR) is 88.5 cm³/mol. The SMILES string of the molecule is CCC(CC)C1CN=C(NC2Cc3ccccc3C2)S1. The Morgan fingerprint density at radius 1 is 1.20 bits per heavy atom. The largest absolute Gasteiger partial charge is 0.362 e. The molecule has 1 aromatic rings. The molecule has 1 unspecified atom stereocenters. The Balaban J connectivity index is 1.54. The van der Waals surface area contributed by atoms with Gasteiger partial charge < -0.3 is 5.32 Å². The van der Waals surface area contributed by atoms with Crippen molar-refractivity contribution in [3.63, 3.8) is 0 Å². The molecule has 0 saturated heterocycles. The average molecular weight is 288 g/mol. The van der Waals surface area contributed by atoms with Gasteiger partial charge in [0.15, 0.2) is 5.17 Å². The smallest absolute Gasteiger partial charge is 0.157 e. The summed E-state index contributed by atoms with van der Waals surface area (Å²) in [6, 6.07) is 9.35. The number of hydrogen-bond acceptors (Lipinski definition) is 3. The first-order valence-electron chi connectivity index (χ1n) is 7.84. The number of aliphatic imine (C=N–C) groups is 1. The third kappa shape index (κ3) is 2.88. The first-order valence-corrected chi connectivity index (χ1v) is 8.72. The van der Waals surface area contributed by atoms with E-state index in [1.54, 1.807) is 0 Å². The molecule has 0 fully saturated rings. The molecule has 0 amide bonds. The molecule has 20 heavy (non-hydrogen) atoms. The highest BCUT2D eigenvalue weighted by atomic mass is 32.2. The molecule has 1 aromatic carbocycles. The molecule has 0 radical (unpaired) electrons. The van der Waals surface area contributed by atoms with E-state index in [4.69, 9.17) is 4.99 Å². The monoisotopic (exact) mass is 288 g/mol. The molecule has 3 heteroatoms. The number of benzene rings is 1. The van der Waals surface area contributed by atoms with Crippen molar-refractivity contribution in [2.45, 2.75) is 50.8 Å². The molecule has 2 nitrogen and oxygen atoms in total. The molecule has 3 rings (SSSR count). The Morgan fingerprint density at radius 2 is 1.85 bits per heavy atom. The fourth-order valence-electron chi connectivity index (χ4n) is 3.37. The van der Waals surface area contributed by atoms with Crippen molar-refractivity contribution >= 4 is 16.9 Å². The van der Waals surface area contributed by atoms with Crippen molar-refractivity contribution in [3.8, 4) is 0 Å². The van der Waals surface area contributed by atoms with Crippen molar-refractivity contribution in [3.05, 3.63) is 35.4 Å². The summed E-state index contributed by atoms with van der Waals surface area (Å²) in [5.41, 5.74) is 3.01. The van der Waals surface area contributed by atoms with Crippen LogP contribution in [-0.4, -0.2) is 23.0 Å². The minimum atomic E-state index is 0.541. The quantitative estimate of drug-likeness (QED) is 0.914. The van der Waals surface area contributed by atoms with Gasteiger partial charge in [-0.05, 0) is 29.9 Å². The molecule has 2 aliphatic rings. The van der Waals surface area contributed by atoms with Gasteiger partial charge in [0.2, 0.25) is 0 Å². The van der Waals surface area contributed by atoms with E-state index in [2.05, 4.69) is 43.4 Å². The van der Waals surface area contributed by atoms with E-state index in [1.807, 2.05) is 11.8 Å². The van der Waals surface area contributed by atoms with Gasteiger partial charge in [-0.1, -0.05) is 62.7 Å². The zero-order valence-corrected chi connectivity index (χ0v) is 13.2. The Hall–Kier alpha value is -0.960. The van der Waals surface area contributed by atoms with E-state index in [9.17, 15) is 0 Å². The second kappa shape index (κ2) is 6.21. The van der Waals surface area contributed by atoms with Crippen molar-refractivity contribution in [2.24, 2.45) is 10.9 Å². The van der Waals surface area contributed by atoms with Crippen molar-refractivity contribution in [1.82, 2.24) is 5.32 Å². The van der Waals surface area contributed by atoms with Gasteiger partial charge in [0.1, 0.15) is 0 Å². The molecule has 0 saturated carbocycles. The van der Waals surface area contributed by atoms with Crippen LogP contribution in [0.1, 0.15) is 37.8 Å². The molecular formula is C17H24N2S. The van der Waals surface area contributed by atoms with Crippen molar-refractivity contribution in [1.29, 1.82) is 0 Å². The minimum Gasteiger partial charge on any atom is -0.362 e. The fourth-order valence-corrected chi connectivity index (χ4v) is 4.76. The lowest BCUT2D eigenvalue weighted by Crippen LogP contribution is -2.33. The van der Waals surface area contributed by atoms with E-state index >= 15 is 0 Å². The van der Waals surface area contributed by atoms with Crippen LogP contribution in [0.4, 0.5) is 0 Å². The Bertz CT molecular complexity index is 469. The van der Waals surface area contributed by atoms with Crippen LogP contribution >= 0.6 is 11.8 Å². The molecule has 1 heterocycles. The van der Waals surface area contributed by atoms with E-state index in [-0.39, 0.29) is 0 Å². The van der Waals surface area contributed by atoms with E-state index in [0.29, 0.717) is 11.3 Å². The number of amidine groups is 1. The molecule has 1 N–H and O–H groups in total. The minimum absolute atomic E-state index is 0.541. The molecule has 1 aliphatic heterocycles. The van der Waals surface area contributed by atoms with Gasteiger partial charge in [0.05, 0.1) is 6.54 Å². The maximum absolute atomic E-state index is 4.73. The summed E-state index contributed by atoms with van der Waals surface area (Å²) >= 11 is 1.97. The van der Waals surface area contributed by atoms with Crippen molar-refractivity contribution in [2.75, 3.05) is 6.54 Å². The maximum Gasteiger partial charge on any atom is 0.157 e. The predicted octanol–water partition coefficient (Wildman–Crippen LogP) is 3.65. The van der Waals surface area contributed by atoms with Crippen LogP contribution in [0.15, 0.2) is 29.3 Å². The normalized spacial score (nSPS) is 22.1. The summed E-state index contributed by atoms with van der Waals surface area (Å²) < 4.78 is 0. The van der Waals surface area contributed by atoms with E-state index in [0.717, 1.165) is 25.3 Å². The second-order valence-corrected chi connectivity index (χ2v) is 7.12. The number of rotatable bonds is 4. The van der Waals surface area contributed by atoms with E-state index < -0.39 is 0 Å². The summed E-state index contributed by atoms with van der Waals surface area (Å²) in [5.74, 6) is 0.809. The van der Waals surface area contributed by atoms with E-state index in [1.165, 1.54) is 29.1 Å². The van der Waals surface area contributed by atoms with Gasteiger partial charge in [-0.25, -0.2) is 0 Å². The molecule has 1 atom stereocenters. The third-order valence-corrected chi connectivity index (χ3v) is 5.94. The molecular weight excluding hydrogens is 264 g/mol. The van der Waals surface area contributed by atoms with Crippen LogP contribution < -0.4 is 5.32 Å². The Kier molecular flexibility index (Phi) is 4.35. The highest BCUT2D eigenvalue weighted by molar-refractivity contribution is 8.14. The third-order valence-electron chi connectivity index (χ3n) is 4.63. The lowest BCUT2D eigenvalue weighted by Gasteiger charge is -2.19. The fraction of sp³-hybridized carbons (Fsp3) is 0.588. The van der Waals surface area contributed by atoms with Crippen LogP contribution in [0, 0.1) is 5.92 Å². The summed E-state index contributed by atoms with van der Waals surface area (Å²) in [6.45, 7) is 5.60. The highest BCUT2D eigenvalue weighted by Gasteiger charge is 2.28. The number of thioether (sulfide) groups is 1. The topological polar surface area (TPSA) is 24.4 Å². The summed E-state index contributed by atoms with van der Waals surface area (Å²) in [6.07, 6.45) is 4.83. The van der Waals surface area contributed by atoms with Gasteiger partial charge in [-0.3, -0.25) is 4.99 Å². The second-order valence-electron chi connectivity index (χ2n) is 5.90. The maximum atomic E-state index is 4.73. The molecule has 108 valence electrons. The summed E-state index contributed by atoms with van der Waals surface area (Å²) in [5, 5.41) is 5.54. The standard InChI is InChI=1S/C17H24N2S/c1-3-12(4-2)16-11-18-17(20-16)19-15-9-13-7-5-6-8-14(13)10-15/h5-8,12,15-16H,3-4,9-11H2,1-2H3,(H,18,19). The molecule has 0 spiro atoms. The van der Waals surface area contributed by atoms with Gasteiger partial charge >= 0.3 is 0 Å². The van der Waals surface area contributed by atoms with Crippen molar-refractivity contribution < 1.29 is 0 Å². The zero-order chi connectivity index (χ0) is 13.9. The van der Waals surface area contributed by atoms with Gasteiger partial charge in [-0.15, -0.1) is 0 Å². The Labute approximate surface area is 126 Å². The van der Waals surface area contributed by atoms with Crippen LogP contribution in [-0.2, 0) is 12.8 Å². The van der Waals surface area contributed by atoms with Crippen LogP contribution in [0.25, 0.3) is 0 Å². The lowest BCUT2D eigenvalue weighted by molar-refractivity contribution is 0.479. The van der Waals surface area contributed by atoms with Gasteiger partial charge in [-0.2, -0.15) is 0 Å². The van der Waals surface area contributed by atoms with Gasteiger partial charge in [0.25, 0.3) is 0 Å². The first-order chi connectivity index (χ1) is 9.80. The first kappa shape index (κ1) is 14.0. The molecule has 0 bridgehead atoms. The van der Waals surface area contributed by atoms with Crippen LogP contribution in [0.3, 0.4) is 0 Å². The number of hydrogen-bond donors (Lipinski definition) is 1. The summed E-state index contributed by atoms with van der Waals surface area (Å²) in [4.78, 5) is 4.73. The molecule has 1 aliphatic carbocycles. The van der Waals surface area contributed by atoms with Crippen LogP contribution in [0.5, 0.6) is 0 Å². The molecule has 0 aromatic heterocycles. The Morgan fingerprint density at radius 3 is 2.45 bits per heavy atom. The lowest BCUT2D eigenvalue weighted by atomic mass is 9.99. The van der Waals surface area contributed by atoms with Crippen LogP contribution in [0.2, 0.25) is 0 Å². The highest BCUT2D eigenvalue weighted by Crippen LogP contribution is 2.31. The number of nitrogens with one attached hydrogen (secondary N) is 1. The number of fused-ring (bicyclic) bond motifs is 1. The zero-order valence-electron chi connectivity index (χ0n) is 12.4. The summed E-state index contributed by atoms with van der Waals surface area (Å²) in [7, 11) is 0. The van der Waals surface area contributed by atoms with Gasteiger partial charge in [0, 0.05) is 11.3 Å². The number of nitrogens with zero attached hydrogens (tertiary/aromatic N) is 1. The average Bonchev–Trinajstić information content (AvgIpc) is 3.07.